The molecule has 3 rings (SSSR count). The normalized spacial score (nSPS) is 12.9. The van der Waals surface area contributed by atoms with Gasteiger partial charge < -0.3 is 0 Å². The molecule has 0 unspecified atom stereocenters. The highest BCUT2D eigenvalue weighted by Crippen LogP contribution is 2.24. The summed E-state index contributed by atoms with van der Waals surface area (Å²) >= 11 is 1.77. The average molecular weight is 257 g/mol. The average Bonchev–Trinajstić information content (AvgIpc) is 2.67. The SMILES string of the molecule is CCCSc1nnc2n1C=Cc1ccccc1C2. The third kappa shape index (κ3) is 2.08. The molecule has 0 spiro atoms. The van der Waals surface area contributed by atoms with E-state index in [1.54, 1.807) is 11.8 Å². The number of fused-ring (bicyclic) bond motifs is 2. The van der Waals surface area contributed by atoms with Crippen LogP contribution in [0.2, 0.25) is 0 Å². The minimum atomic E-state index is 0.850. The van der Waals surface area contributed by atoms with Crippen LogP contribution in [0.1, 0.15) is 30.3 Å². The summed E-state index contributed by atoms with van der Waals surface area (Å²) in [6, 6.07) is 8.45. The highest BCUT2D eigenvalue weighted by Gasteiger charge is 2.14. The predicted molar refractivity (Wildman–Crippen MR) is 75.5 cm³/mol. The molecule has 4 heteroatoms. The molecule has 2 aromatic rings. The van der Waals surface area contributed by atoms with Crippen molar-refractivity contribution < 1.29 is 0 Å². The highest BCUT2D eigenvalue weighted by atomic mass is 32.2. The van der Waals surface area contributed by atoms with Crippen LogP contribution >= 0.6 is 11.8 Å². The van der Waals surface area contributed by atoms with E-state index >= 15 is 0 Å². The molecular formula is C14H15N3S. The fourth-order valence-electron chi connectivity index (χ4n) is 2.05. The van der Waals surface area contributed by atoms with Crippen molar-refractivity contribution in [1.29, 1.82) is 0 Å². The van der Waals surface area contributed by atoms with Gasteiger partial charge in [-0.1, -0.05) is 43.0 Å². The van der Waals surface area contributed by atoms with Crippen molar-refractivity contribution in [3.63, 3.8) is 0 Å². The van der Waals surface area contributed by atoms with Gasteiger partial charge in [-0.25, -0.2) is 0 Å². The Kier molecular flexibility index (Phi) is 3.19. The van der Waals surface area contributed by atoms with Gasteiger partial charge in [-0.2, -0.15) is 0 Å². The molecule has 1 aromatic heterocycles. The van der Waals surface area contributed by atoms with Crippen molar-refractivity contribution in [3.8, 4) is 0 Å². The Hall–Kier alpha value is -1.55. The Morgan fingerprint density at radius 3 is 3.06 bits per heavy atom. The third-order valence-electron chi connectivity index (χ3n) is 2.98. The van der Waals surface area contributed by atoms with E-state index in [2.05, 4.69) is 58.2 Å². The first-order valence-corrected chi connectivity index (χ1v) is 7.19. The molecule has 0 bridgehead atoms. The van der Waals surface area contributed by atoms with Gasteiger partial charge in [0, 0.05) is 18.4 Å². The van der Waals surface area contributed by atoms with Crippen molar-refractivity contribution in [2.45, 2.75) is 24.9 Å². The number of thioether (sulfide) groups is 1. The van der Waals surface area contributed by atoms with Crippen molar-refractivity contribution in [2.75, 3.05) is 5.75 Å². The molecule has 0 aliphatic carbocycles. The fraction of sp³-hybridized carbons (Fsp3) is 0.286. The van der Waals surface area contributed by atoms with Gasteiger partial charge in [-0.05, 0) is 23.6 Å². The molecular weight excluding hydrogens is 242 g/mol. The minimum Gasteiger partial charge on any atom is -0.281 e. The molecule has 0 N–H and O–H groups in total. The number of aromatic nitrogens is 3. The van der Waals surface area contributed by atoms with Gasteiger partial charge in [0.2, 0.25) is 0 Å². The van der Waals surface area contributed by atoms with Gasteiger partial charge >= 0.3 is 0 Å². The molecule has 3 nitrogen and oxygen atoms in total. The smallest absolute Gasteiger partial charge is 0.195 e. The van der Waals surface area contributed by atoms with Crippen LogP contribution in [0.25, 0.3) is 12.3 Å². The Bertz CT molecular complexity index is 586. The van der Waals surface area contributed by atoms with Crippen molar-refractivity contribution in [1.82, 2.24) is 14.8 Å². The molecule has 1 aliphatic heterocycles. The van der Waals surface area contributed by atoms with Gasteiger partial charge in [0.05, 0.1) is 0 Å². The molecule has 0 saturated heterocycles. The number of nitrogens with zero attached hydrogens (tertiary/aromatic N) is 3. The van der Waals surface area contributed by atoms with Crippen molar-refractivity contribution in [3.05, 3.63) is 41.2 Å². The van der Waals surface area contributed by atoms with Gasteiger partial charge in [-0.3, -0.25) is 4.57 Å². The number of rotatable bonds is 3. The van der Waals surface area contributed by atoms with E-state index in [9.17, 15) is 0 Å². The molecule has 0 amide bonds. The Balaban J connectivity index is 1.97. The van der Waals surface area contributed by atoms with Crippen LogP contribution in [0.15, 0.2) is 29.4 Å². The number of hydrogen-bond acceptors (Lipinski definition) is 3. The second-order valence-electron chi connectivity index (χ2n) is 4.31. The van der Waals surface area contributed by atoms with Gasteiger partial charge in [-0.15, -0.1) is 10.2 Å². The lowest BCUT2D eigenvalue weighted by Gasteiger charge is -2.02. The van der Waals surface area contributed by atoms with E-state index in [1.165, 1.54) is 11.1 Å². The molecule has 2 heterocycles. The monoisotopic (exact) mass is 257 g/mol. The maximum absolute atomic E-state index is 4.31. The van der Waals surface area contributed by atoms with Crippen LogP contribution < -0.4 is 0 Å². The van der Waals surface area contributed by atoms with Crippen LogP contribution in [0.5, 0.6) is 0 Å². The summed E-state index contributed by atoms with van der Waals surface area (Å²) in [7, 11) is 0. The Labute approximate surface area is 111 Å². The Morgan fingerprint density at radius 1 is 1.28 bits per heavy atom. The lowest BCUT2D eigenvalue weighted by molar-refractivity contribution is 0.897. The molecule has 1 aliphatic rings. The summed E-state index contributed by atoms with van der Waals surface area (Å²) in [5, 5.41) is 9.58. The van der Waals surface area contributed by atoms with Gasteiger partial charge in [0.1, 0.15) is 5.82 Å². The van der Waals surface area contributed by atoms with E-state index < -0.39 is 0 Å². The minimum absolute atomic E-state index is 0.850. The summed E-state index contributed by atoms with van der Waals surface area (Å²) in [6.07, 6.45) is 6.23. The van der Waals surface area contributed by atoms with Crippen LogP contribution in [0.4, 0.5) is 0 Å². The van der Waals surface area contributed by atoms with E-state index in [0.29, 0.717) is 0 Å². The van der Waals surface area contributed by atoms with E-state index in [-0.39, 0.29) is 0 Å². The first-order valence-electron chi connectivity index (χ1n) is 6.21. The zero-order valence-electron chi connectivity index (χ0n) is 10.3. The predicted octanol–water partition coefficient (Wildman–Crippen LogP) is 3.31. The second kappa shape index (κ2) is 4.98. The molecule has 0 saturated carbocycles. The maximum Gasteiger partial charge on any atom is 0.195 e. The van der Waals surface area contributed by atoms with Crippen LogP contribution in [0, 0.1) is 0 Å². The summed E-state index contributed by atoms with van der Waals surface area (Å²) < 4.78 is 2.11. The fourth-order valence-corrected chi connectivity index (χ4v) is 2.84. The number of hydrogen-bond donors (Lipinski definition) is 0. The van der Waals surface area contributed by atoms with E-state index in [0.717, 1.165) is 29.6 Å². The molecule has 1 aromatic carbocycles. The maximum atomic E-state index is 4.31. The third-order valence-corrected chi connectivity index (χ3v) is 4.13. The topological polar surface area (TPSA) is 30.7 Å². The standard InChI is InChI=1S/C14H15N3S/c1-2-9-18-14-16-15-13-10-12-6-4-3-5-11(12)7-8-17(13)14/h3-8H,2,9-10H2,1H3. The Morgan fingerprint density at radius 2 is 2.17 bits per heavy atom. The lowest BCUT2D eigenvalue weighted by atomic mass is 10.1. The largest absolute Gasteiger partial charge is 0.281 e. The molecule has 18 heavy (non-hydrogen) atoms. The summed E-state index contributed by atoms with van der Waals surface area (Å²) in [5.41, 5.74) is 2.58. The lowest BCUT2D eigenvalue weighted by Crippen LogP contribution is -1.97. The first kappa shape index (κ1) is 11.5. The number of benzene rings is 1. The molecule has 0 atom stereocenters. The van der Waals surface area contributed by atoms with Crippen molar-refractivity contribution >= 4 is 24.0 Å². The molecule has 92 valence electrons. The quantitative estimate of drug-likeness (QED) is 0.674. The summed E-state index contributed by atoms with van der Waals surface area (Å²) in [5.74, 6) is 2.11. The summed E-state index contributed by atoms with van der Waals surface area (Å²) in [6.45, 7) is 2.18. The van der Waals surface area contributed by atoms with Crippen molar-refractivity contribution in [2.24, 2.45) is 0 Å². The molecule has 0 fully saturated rings. The first-order chi connectivity index (χ1) is 8.88. The van der Waals surface area contributed by atoms with Crippen LogP contribution in [0.3, 0.4) is 0 Å². The highest BCUT2D eigenvalue weighted by molar-refractivity contribution is 7.99. The zero-order chi connectivity index (χ0) is 12.4. The molecule has 0 radical (unpaired) electrons. The van der Waals surface area contributed by atoms with Gasteiger partial charge in [0.15, 0.2) is 5.16 Å². The second-order valence-corrected chi connectivity index (χ2v) is 5.37. The van der Waals surface area contributed by atoms with Crippen LogP contribution in [-0.2, 0) is 6.42 Å². The summed E-state index contributed by atoms with van der Waals surface area (Å²) in [4.78, 5) is 0. The van der Waals surface area contributed by atoms with E-state index in [1.807, 2.05) is 0 Å². The van der Waals surface area contributed by atoms with E-state index in [4.69, 9.17) is 0 Å². The van der Waals surface area contributed by atoms with Crippen LogP contribution in [-0.4, -0.2) is 20.5 Å². The van der Waals surface area contributed by atoms with Gasteiger partial charge in [0.25, 0.3) is 0 Å². The zero-order valence-corrected chi connectivity index (χ0v) is 11.2.